The van der Waals surface area contributed by atoms with Crippen LogP contribution in [0, 0.1) is 11.3 Å². The number of rotatable bonds is 5. The van der Waals surface area contributed by atoms with Crippen molar-refractivity contribution in [2.24, 2.45) is 0 Å². The SMILES string of the molecule is CSc1nnc(SC2CCC(C#N)(NC3CC3)C2)s1. The normalized spacial score (nSPS) is 30.4. The highest BCUT2D eigenvalue weighted by Crippen LogP contribution is 2.42. The van der Waals surface area contributed by atoms with Crippen molar-refractivity contribution >= 4 is 34.9 Å². The Labute approximate surface area is 125 Å². The van der Waals surface area contributed by atoms with Crippen LogP contribution in [0.4, 0.5) is 0 Å². The smallest absolute Gasteiger partial charge is 0.175 e. The zero-order valence-electron chi connectivity index (χ0n) is 10.8. The van der Waals surface area contributed by atoms with Crippen molar-refractivity contribution in [1.82, 2.24) is 15.5 Å². The zero-order chi connectivity index (χ0) is 13.3. The van der Waals surface area contributed by atoms with Crippen molar-refractivity contribution in [3.63, 3.8) is 0 Å². The van der Waals surface area contributed by atoms with Crippen LogP contribution in [-0.4, -0.2) is 33.3 Å². The highest BCUT2D eigenvalue weighted by atomic mass is 32.2. The second-order valence-corrected chi connectivity index (χ2v) is 8.71. The molecule has 102 valence electrons. The molecule has 1 heterocycles. The van der Waals surface area contributed by atoms with Crippen LogP contribution in [0.25, 0.3) is 0 Å². The van der Waals surface area contributed by atoms with Gasteiger partial charge in [0.2, 0.25) is 0 Å². The van der Waals surface area contributed by atoms with E-state index in [-0.39, 0.29) is 5.54 Å². The first kappa shape index (κ1) is 13.7. The van der Waals surface area contributed by atoms with Gasteiger partial charge in [0.05, 0.1) is 6.07 Å². The Morgan fingerprint density at radius 3 is 2.79 bits per heavy atom. The Bertz CT molecular complexity index is 493. The molecule has 19 heavy (non-hydrogen) atoms. The highest BCUT2D eigenvalue weighted by molar-refractivity contribution is 8.03. The molecular weight excluding hydrogens is 296 g/mol. The molecule has 2 unspecified atom stereocenters. The molecule has 2 saturated carbocycles. The summed E-state index contributed by atoms with van der Waals surface area (Å²) in [5, 5.41) is 21.8. The maximum atomic E-state index is 9.47. The Hall–Kier alpha value is -0.290. The van der Waals surface area contributed by atoms with Gasteiger partial charge in [0.1, 0.15) is 5.54 Å². The van der Waals surface area contributed by atoms with Crippen molar-refractivity contribution in [2.45, 2.75) is 57.6 Å². The van der Waals surface area contributed by atoms with Gasteiger partial charge in [0.25, 0.3) is 0 Å². The number of aromatic nitrogens is 2. The fraction of sp³-hybridized carbons (Fsp3) is 0.750. The average molecular weight is 312 g/mol. The highest BCUT2D eigenvalue weighted by Gasteiger charge is 2.43. The average Bonchev–Trinajstić information content (AvgIpc) is 2.97. The molecule has 2 atom stereocenters. The minimum Gasteiger partial charge on any atom is -0.297 e. The summed E-state index contributed by atoms with van der Waals surface area (Å²) in [6.07, 6.45) is 7.46. The van der Waals surface area contributed by atoms with Gasteiger partial charge in [0.15, 0.2) is 8.68 Å². The molecule has 3 rings (SSSR count). The first-order valence-corrected chi connectivity index (χ1v) is 9.38. The molecule has 0 saturated heterocycles. The molecular formula is C12H16N4S3. The fourth-order valence-corrected chi connectivity index (χ4v) is 5.43. The summed E-state index contributed by atoms with van der Waals surface area (Å²) < 4.78 is 2.05. The minimum atomic E-state index is -0.286. The van der Waals surface area contributed by atoms with Crippen LogP contribution in [0.2, 0.25) is 0 Å². The molecule has 4 nitrogen and oxygen atoms in total. The Kier molecular flexibility index (Phi) is 4.03. The molecule has 0 spiro atoms. The standard InChI is InChI=1S/C12H16N4S3/c1-17-10-15-16-11(19-10)18-9-4-5-12(6-9,7-13)14-8-2-3-8/h8-9,14H,2-6H2,1H3. The van der Waals surface area contributed by atoms with E-state index < -0.39 is 0 Å². The molecule has 0 bridgehead atoms. The van der Waals surface area contributed by atoms with Gasteiger partial charge < -0.3 is 0 Å². The van der Waals surface area contributed by atoms with Crippen LogP contribution in [-0.2, 0) is 0 Å². The van der Waals surface area contributed by atoms with E-state index >= 15 is 0 Å². The second-order valence-electron chi connectivity index (χ2n) is 5.13. The molecule has 2 aliphatic rings. The van der Waals surface area contributed by atoms with Gasteiger partial charge in [-0.05, 0) is 38.4 Å². The van der Waals surface area contributed by atoms with E-state index in [2.05, 4.69) is 21.6 Å². The lowest BCUT2D eigenvalue weighted by Gasteiger charge is -2.22. The third kappa shape index (κ3) is 3.24. The predicted octanol–water partition coefficient (Wildman–Crippen LogP) is 2.92. The summed E-state index contributed by atoms with van der Waals surface area (Å²) in [5.41, 5.74) is -0.286. The van der Waals surface area contributed by atoms with Gasteiger partial charge in [0, 0.05) is 11.3 Å². The van der Waals surface area contributed by atoms with Crippen LogP contribution in [0.5, 0.6) is 0 Å². The van der Waals surface area contributed by atoms with Crippen LogP contribution in [0.15, 0.2) is 8.68 Å². The first-order chi connectivity index (χ1) is 9.23. The van der Waals surface area contributed by atoms with E-state index in [9.17, 15) is 5.26 Å². The maximum absolute atomic E-state index is 9.47. The number of nitriles is 1. The van der Waals surface area contributed by atoms with Crippen molar-refractivity contribution < 1.29 is 0 Å². The number of nitrogens with zero attached hydrogens (tertiary/aromatic N) is 3. The lowest BCUT2D eigenvalue weighted by atomic mass is 10.00. The molecule has 7 heteroatoms. The monoisotopic (exact) mass is 312 g/mol. The lowest BCUT2D eigenvalue weighted by molar-refractivity contribution is 0.420. The van der Waals surface area contributed by atoms with Gasteiger partial charge in [-0.2, -0.15) is 5.26 Å². The first-order valence-electron chi connectivity index (χ1n) is 6.46. The molecule has 0 amide bonds. The summed E-state index contributed by atoms with van der Waals surface area (Å²) in [4.78, 5) is 0. The molecule has 0 aliphatic heterocycles. The van der Waals surface area contributed by atoms with E-state index in [0.717, 1.165) is 27.9 Å². The van der Waals surface area contributed by atoms with Gasteiger partial charge in [-0.1, -0.05) is 34.9 Å². The van der Waals surface area contributed by atoms with Crippen molar-refractivity contribution in [3.8, 4) is 6.07 Å². The van der Waals surface area contributed by atoms with Crippen LogP contribution in [0.1, 0.15) is 32.1 Å². The summed E-state index contributed by atoms with van der Waals surface area (Å²) in [6.45, 7) is 0. The van der Waals surface area contributed by atoms with E-state index in [0.29, 0.717) is 11.3 Å². The number of hydrogen-bond donors (Lipinski definition) is 1. The predicted molar refractivity (Wildman–Crippen MR) is 79.7 cm³/mol. The van der Waals surface area contributed by atoms with Gasteiger partial charge >= 0.3 is 0 Å². The third-order valence-electron chi connectivity index (χ3n) is 3.57. The molecule has 1 N–H and O–H groups in total. The molecule has 0 radical (unpaired) electrons. The third-order valence-corrected chi connectivity index (χ3v) is 6.82. The van der Waals surface area contributed by atoms with E-state index in [4.69, 9.17) is 0 Å². The molecule has 0 aromatic carbocycles. The Balaban J connectivity index is 1.60. The molecule has 1 aromatic heterocycles. The molecule has 2 aliphatic carbocycles. The van der Waals surface area contributed by atoms with E-state index in [1.807, 2.05) is 6.26 Å². The van der Waals surface area contributed by atoms with Crippen LogP contribution in [0.3, 0.4) is 0 Å². The van der Waals surface area contributed by atoms with E-state index in [1.54, 1.807) is 34.9 Å². The number of hydrogen-bond acceptors (Lipinski definition) is 7. The van der Waals surface area contributed by atoms with Crippen LogP contribution >= 0.6 is 34.9 Å². The maximum Gasteiger partial charge on any atom is 0.175 e. The van der Waals surface area contributed by atoms with E-state index in [1.165, 1.54) is 12.8 Å². The molecule has 1 aromatic rings. The van der Waals surface area contributed by atoms with Crippen LogP contribution < -0.4 is 5.32 Å². The van der Waals surface area contributed by atoms with Gasteiger partial charge in [-0.25, -0.2) is 0 Å². The zero-order valence-corrected chi connectivity index (χ0v) is 13.2. The van der Waals surface area contributed by atoms with Gasteiger partial charge in [-0.15, -0.1) is 10.2 Å². The Morgan fingerprint density at radius 2 is 2.16 bits per heavy atom. The summed E-state index contributed by atoms with van der Waals surface area (Å²) >= 11 is 5.08. The topological polar surface area (TPSA) is 61.6 Å². The van der Waals surface area contributed by atoms with Crippen molar-refractivity contribution in [3.05, 3.63) is 0 Å². The largest absolute Gasteiger partial charge is 0.297 e. The van der Waals surface area contributed by atoms with Crippen molar-refractivity contribution in [1.29, 1.82) is 5.26 Å². The fourth-order valence-electron chi connectivity index (χ4n) is 2.45. The lowest BCUT2D eigenvalue weighted by Crippen LogP contribution is -2.43. The summed E-state index contributed by atoms with van der Waals surface area (Å²) in [7, 11) is 0. The summed E-state index contributed by atoms with van der Waals surface area (Å²) in [5.74, 6) is 0. The minimum absolute atomic E-state index is 0.286. The summed E-state index contributed by atoms with van der Waals surface area (Å²) in [6, 6.07) is 3.11. The number of thioether (sulfide) groups is 2. The van der Waals surface area contributed by atoms with Gasteiger partial charge in [-0.3, -0.25) is 5.32 Å². The molecule has 2 fully saturated rings. The second kappa shape index (κ2) is 5.60. The number of nitrogens with one attached hydrogen (secondary N) is 1. The Morgan fingerprint density at radius 1 is 1.37 bits per heavy atom. The quantitative estimate of drug-likeness (QED) is 0.844. The van der Waals surface area contributed by atoms with Crippen molar-refractivity contribution in [2.75, 3.05) is 6.26 Å².